The molecule has 0 saturated carbocycles. The summed E-state index contributed by atoms with van der Waals surface area (Å²) in [5.41, 5.74) is 2.53. The Morgan fingerprint density at radius 1 is 1.37 bits per heavy atom. The third-order valence-corrected chi connectivity index (χ3v) is 6.98. The SMILES string of the molecule is CCc1ccc(CC(NC)C2SCCSC2C)nc1. The lowest BCUT2D eigenvalue weighted by atomic mass is 10.0. The number of rotatable bonds is 5. The lowest BCUT2D eigenvalue weighted by molar-refractivity contribution is 0.525. The summed E-state index contributed by atoms with van der Waals surface area (Å²) in [6.07, 6.45) is 4.12. The van der Waals surface area contributed by atoms with Gasteiger partial charge in [-0.3, -0.25) is 4.98 Å². The van der Waals surface area contributed by atoms with E-state index < -0.39 is 0 Å². The molecule has 0 aliphatic carbocycles. The molecule has 2 rings (SSSR count). The molecule has 1 fully saturated rings. The van der Waals surface area contributed by atoms with Crippen molar-refractivity contribution in [3.63, 3.8) is 0 Å². The summed E-state index contributed by atoms with van der Waals surface area (Å²) in [6.45, 7) is 4.53. The zero-order chi connectivity index (χ0) is 13.7. The maximum absolute atomic E-state index is 4.60. The Morgan fingerprint density at radius 2 is 2.16 bits per heavy atom. The fourth-order valence-electron chi connectivity index (χ4n) is 2.48. The normalized spacial score (nSPS) is 25.2. The van der Waals surface area contributed by atoms with Crippen molar-refractivity contribution in [2.45, 2.75) is 43.2 Å². The predicted molar refractivity (Wildman–Crippen MR) is 88.3 cm³/mol. The van der Waals surface area contributed by atoms with Gasteiger partial charge in [0, 0.05) is 46.4 Å². The molecule has 3 atom stereocenters. The first kappa shape index (κ1) is 15.2. The van der Waals surface area contributed by atoms with E-state index in [9.17, 15) is 0 Å². The first-order valence-corrected chi connectivity index (χ1v) is 9.18. The molecule has 1 aromatic heterocycles. The van der Waals surface area contributed by atoms with Gasteiger partial charge >= 0.3 is 0 Å². The first-order chi connectivity index (χ1) is 9.24. The zero-order valence-corrected chi connectivity index (χ0v) is 13.7. The van der Waals surface area contributed by atoms with Gasteiger partial charge in [0.1, 0.15) is 0 Å². The van der Waals surface area contributed by atoms with Crippen molar-refractivity contribution in [1.29, 1.82) is 0 Å². The summed E-state index contributed by atoms with van der Waals surface area (Å²) in [6, 6.07) is 4.92. The number of likely N-dealkylation sites (N-methyl/N-ethyl adjacent to an activating group) is 1. The number of aryl methyl sites for hydroxylation is 1. The highest BCUT2D eigenvalue weighted by Gasteiger charge is 2.29. The molecule has 0 spiro atoms. The van der Waals surface area contributed by atoms with E-state index in [2.05, 4.69) is 66.9 Å². The monoisotopic (exact) mass is 296 g/mol. The zero-order valence-electron chi connectivity index (χ0n) is 12.1. The minimum Gasteiger partial charge on any atom is -0.315 e. The van der Waals surface area contributed by atoms with E-state index in [1.165, 1.54) is 22.8 Å². The molecule has 1 saturated heterocycles. The molecule has 2 nitrogen and oxygen atoms in total. The largest absolute Gasteiger partial charge is 0.315 e. The van der Waals surface area contributed by atoms with Crippen LogP contribution in [0.3, 0.4) is 0 Å². The highest BCUT2D eigenvalue weighted by atomic mass is 32.2. The predicted octanol–water partition coefficient (Wildman–Crippen LogP) is 3.01. The molecular weight excluding hydrogens is 272 g/mol. The van der Waals surface area contributed by atoms with E-state index in [0.717, 1.165) is 18.1 Å². The van der Waals surface area contributed by atoms with Crippen LogP contribution in [0.15, 0.2) is 18.3 Å². The van der Waals surface area contributed by atoms with E-state index in [1.54, 1.807) is 0 Å². The Hall–Kier alpha value is -0.190. The molecule has 1 N–H and O–H groups in total. The summed E-state index contributed by atoms with van der Waals surface area (Å²) < 4.78 is 0. The number of nitrogens with zero attached hydrogens (tertiary/aromatic N) is 1. The van der Waals surface area contributed by atoms with Gasteiger partial charge in [-0.25, -0.2) is 0 Å². The second-order valence-corrected chi connectivity index (χ2v) is 7.79. The van der Waals surface area contributed by atoms with Crippen LogP contribution in [0.2, 0.25) is 0 Å². The number of hydrogen-bond donors (Lipinski definition) is 1. The summed E-state index contributed by atoms with van der Waals surface area (Å²) in [5.74, 6) is 2.57. The molecule has 1 aliphatic rings. The number of hydrogen-bond acceptors (Lipinski definition) is 4. The van der Waals surface area contributed by atoms with Gasteiger partial charge in [-0.05, 0) is 25.1 Å². The molecule has 106 valence electrons. The Kier molecular flexibility index (Phi) is 6.05. The van der Waals surface area contributed by atoms with Crippen molar-refractivity contribution in [3.8, 4) is 0 Å². The third-order valence-electron chi connectivity index (χ3n) is 3.73. The van der Waals surface area contributed by atoms with E-state index in [4.69, 9.17) is 0 Å². The molecule has 0 amide bonds. The average molecular weight is 297 g/mol. The fraction of sp³-hybridized carbons (Fsp3) is 0.667. The summed E-state index contributed by atoms with van der Waals surface area (Å²) >= 11 is 4.23. The quantitative estimate of drug-likeness (QED) is 0.903. The van der Waals surface area contributed by atoms with E-state index in [0.29, 0.717) is 11.3 Å². The van der Waals surface area contributed by atoms with Crippen LogP contribution in [0.4, 0.5) is 0 Å². The third kappa shape index (κ3) is 4.14. The van der Waals surface area contributed by atoms with Crippen molar-refractivity contribution < 1.29 is 0 Å². The molecule has 2 heterocycles. The van der Waals surface area contributed by atoms with Crippen LogP contribution >= 0.6 is 23.5 Å². The minimum atomic E-state index is 0.521. The maximum Gasteiger partial charge on any atom is 0.0419 e. The molecular formula is C15H24N2S2. The van der Waals surface area contributed by atoms with Gasteiger partial charge in [0.25, 0.3) is 0 Å². The van der Waals surface area contributed by atoms with Gasteiger partial charge in [-0.15, -0.1) is 0 Å². The van der Waals surface area contributed by atoms with Crippen molar-refractivity contribution in [1.82, 2.24) is 10.3 Å². The van der Waals surface area contributed by atoms with Crippen molar-refractivity contribution in [3.05, 3.63) is 29.6 Å². The molecule has 3 unspecified atom stereocenters. The number of nitrogens with one attached hydrogen (secondary N) is 1. The van der Waals surface area contributed by atoms with E-state index in [1.807, 2.05) is 6.20 Å². The van der Waals surface area contributed by atoms with Crippen LogP contribution in [0.25, 0.3) is 0 Å². The molecule has 1 aliphatic heterocycles. The van der Waals surface area contributed by atoms with Crippen molar-refractivity contribution >= 4 is 23.5 Å². The van der Waals surface area contributed by atoms with Crippen LogP contribution in [-0.2, 0) is 12.8 Å². The Bertz CT molecular complexity index is 380. The standard InChI is InChI=1S/C15H24N2S2/c1-4-12-5-6-13(17-10-12)9-14(16-3)15-11(2)18-7-8-19-15/h5-6,10-11,14-16H,4,7-9H2,1-3H3. The number of pyridine rings is 1. The van der Waals surface area contributed by atoms with E-state index in [-0.39, 0.29) is 0 Å². The number of aromatic nitrogens is 1. The number of thioether (sulfide) groups is 2. The lowest BCUT2D eigenvalue weighted by Gasteiger charge is -2.34. The lowest BCUT2D eigenvalue weighted by Crippen LogP contribution is -2.44. The highest BCUT2D eigenvalue weighted by Crippen LogP contribution is 2.33. The van der Waals surface area contributed by atoms with Gasteiger partial charge in [-0.2, -0.15) is 23.5 Å². The van der Waals surface area contributed by atoms with Crippen LogP contribution in [0.5, 0.6) is 0 Å². The second kappa shape index (κ2) is 7.55. The van der Waals surface area contributed by atoms with Crippen molar-refractivity contribution in [2.75, 3.05) is 18.6 Å². The van der Waals surface area contributed by atoms with Gasteiger partial charge in [0.2, 0.25) is 0 Å². The average Bonchev–Trinajstić information content (AvgIpc) is 2.46. The summed E-state index contributed by atoms with van der Waals surface area (Å²) in [4.78, 5) is 4.60. The van der Waals surface area contributed by atoms with Crippen LogP contribution in [0, 0.1) is 0 Å². The summed E-state index contributed by atoms with van der Waals surface area (Å²) in [7, 11) is 2.08. The Labute approximate surface area is 125 Å². The topological polar surface area (TPSA) is 24.9 Å². The molecule has 0 radical (unpaired) electrons. The van der Waals surface area contributed by atoms with Crippen molar-refractivity contribution in [2.24, 2.45) is 0 Å². The van der Waals surface area contributed by atoms with E-state index >= 15 is 0 Å². The first-order valence-electron chi connectivity index (χ1n) is 7.09. The Morgan fingerprint density at radius 3 is 2.74 bits per heavy atom. The Balaban J connectivity index is 2.00. The smallest absolute Gasteiger partial charge is 0.0419 e. The maximum atomic E-state index is 4.60. The fourth-order valence-corrected chi connectivity index (χ4v) is 5.48. The summed E-state index contributed by atoms with van der Waals surface area (Å²) in [5, 5.41) is 4.92. The molecule has 0 bridgehead atoms. The molecule has 4 heteroatoms. The minimum absolute atomic E-state index is 0.521. The van der Waals surface area contributed by atoms with Crippen LogP contribution < -0.4 is 5.32 Å². The highest BCUT2D eigenvalue weighted by molar-refractivity contribution is 8.07. The van der Waals surface area contributed by atoms with Gasteiger partial charge < -0.3 is 5.32 Å². The van der Waals surface area contributed by atoms with Gasteiger partial charge in [0.05, 0.1) is 0 Å². The van der Waals surface area contributed by atoms with Gasteiger partial charge in [-0.1, -0.05) is 19.9 Å². The second-order valence-electron chi connectivity index (χ2n) is 5.02. The molecule has 0 aromatic carbocycles. The van der Waals surface area contributed by atoms with Crippen LogP contribution in [-0.4, -0.2) is 40.1 Å². The molecule has 19 heavy (non-hydrogen) atoms. The molecule has 1 aromatic rings. The van der Waals surface area contributed by atoms with Crippen LogP contribution in [0.1, 0.15) is 25.1 Å². The van der Waals surface area contributed by atoms with Gasteiger partial charge in [0.15, 0.2) is 0 Å².